The van der Waals surface area contributed by atoms with Crippen molar-refractivity contribution in [2.24, 2.45) is 5.92 Å². The molecule has 2 aromatic rings. The predicted octanol–water partition coefficient (Wildman–Crippen LogP) is 4.47. The Morgan fingerprint density at radius 2 is 1.73 bits per heavy atom. The van der Waals surface area contributed by atoms with Crippen molar-refractivity contribution in [1.29, 1.82) is 0 Å². The third kappa shape index (κ3) is 7.95. The first-order chi connectivity index (χ1) is 14.5. The molecular formula is C24H33NO5. The van der Waals surface area contributed by atoms with Crippen molar-refractivity contribution in [2.75, 3.05) is 33.5 Å². The number of ether oxygens (including phenoxy) is 4. The average Bonchev–Trinajstić information content (AvgIpc) is 2.75. The van der Waals surface area contributed by atoms with Gasteiger partial charge in [0.15, 0.2) is 11.5 Å². The molecule has 0 saturated carbocycles. The van der Waals surface area contributed by atoms with Gasteiger partial charge < -0.3 is 24.3 Å². The predicted molar refractivity (Wildman–Crippen MR) is 118 cm³/mol. The molecule has 0 bridgehead atoms. The van der Waals surface area contributed by atoms with E-state index in [1.807, 2.05) is 25.1 Å². The number of rotatable bonds is 13. The largest absolute Gasteiger partial charge is 0.493 e. The first kappa shape index (κ1) is 23.5. The average molecular weight is 416 g/mol. The Kier molecular flexibility index (Phi) is 10.0. The first-order valence-electron chi connectivity index (χ1n) is 10.4. The number of carbonyl (C=O) groups excluding carboxylic acids is 1. The highest BCUT2D eigenvalue weighted by Gasteiger charge is 2.09. The molecule has 0 heterocycles. The molecule has 0 aliphatic heterocycles. The van der Waals surface area contributed by atoms with Crippen LogP contribution in [0, 0.1) is 5.92 Å². The lowest BCUT2D eigenvalue weighted by Crippen LogP contribution is -2.22. The molecule has 164 valence electrons. The number of carbonyl (C=O) groups is 1. The first-order valence-corrected chi connectivity index (χ1v) is 10.4. The van der Waals surface area contributed by atoms with Crippen molar-refractivity contribution < 1.29 is 23.7 Å². The fourth-order valence-corrected chi connectivity index (χ4v) is 2.70. The van der Waals surface area contributed by atoms with Gasteiger partial charge in [-0.05, 0) is 61.2 Å². The van der Waals surface area contributed by atoms with Crippen molar-refractivity contribution in [3.05, 3.63) is 53.6 Å². The van der Waals surface area contributed by atoms with E-state index >= 15 is 0 Å². The maximum atomic E-state index is 12.4. The van der Waals surface area contributed by atoms with Gasteiger partial charge in [0.1, 0.15) is 12.4 Å². The molecule has 1 N–H and O–H groups in total. The zero-order valence-electron chi connectivity index (χ0n) is 18.4. The van der Waals surface area contributed by atoms with E-state index in [1.165, 1.54) is 0 Å². The van der Waals surface area contributed by atoms with E-state index in [9.17, 15) is 4.79 Å². The maximum Gasteiger partial charge on any atom is 0.251 e. The van der Waals surface area contributed by atoms with Crippen LogP contribution in [0.2, 0.25) is 0 Å². The summed E-state index contributed by atoms with van der Waals surface area (Å²) < 4.78 is 22.0. The topological polar surface area (TPSA) is 66.0 Å². The van der Waals surface area contributed by atoms with Gasteiger partial charge in [0, 0.05) is 18.7 Å². The molecule has 0 spiro atoms. The van der Waals surface area contributed by atoms with Gasteiger partial charge in [-0.2, -0.15) is 0 Å². The number of nitrogens with one attached hydrogen (secondary N) is 1. The number of hydrogen-bond acceptors (Lipinski definition) is 5. The van der Waals surface area contributed by atoms with E-state index < -0.39 is 0 Å². The summed E-state index contributed by atoms with van der Waals surface area (Å²) >= 11 is 0. The molecule has 0 aromatic heterocycles. The van der Waals surface area contributed by atoms with E-state index in [1.54, 1.807) is 31.4 Å². The van der Waals surface area contributed by atoms with Crippen LogP contribution in [-0.4, -0.2) is 39.4 Å². The molecule has 2 aromatic carbocycles. The Balaban J connectivity index is 1.86. The minimum absolute atomic E-state index is 0.146. The van der Waals surface area contributed by atoms with Gasteiger partial charge in [-0.3, -0.25) is 4.79 Å². The van der Waals surface area contributed by atoms with Crippen LogP contribution in [-0.2, 0) is 11.3 Å². The summed E-state index contributed by atoms with van der Waals surface area (Å²) in [5.74, 6) is 2.53. The molecule has 0 atom stereocenters. The Bertz CT molecular complexity index is 774. The van der Waals surface area contributed by atoms with Crippen LogP contribution in [0.5, 0.6) is 17.2 Å². The van der Waals surface area contributed by atoms with Crippen LogP contribution in [0.4, 0.5) is 0 Å². The zero-order valence-corrected chi connectivity index (χ0v) is 18.4. The molecule has 1 amide bonds. The van der Waals surface area contributed by atoms with Gasteiger partial charge in [0.25, 0.3) is 5.91 Å². The fourth-order valence-electron chi connectivity index (χ4n) is 2.70. The Morgan fingerprint density at radius 3 is 2.40 bits per heavy atom. The molecule has 0 aliphatic carbocycles. The van der Waals surface area contributed by atoms with Gasteiger partial charge >= 0.3 is 0 Å². The summed E-state index contributed by atoms with van der Waals surface area (Å²) in [6.45, 7) is 9.01. The molecule has 0 saturated heterocycles. The monoisotopic (exact) mass is 415 g/mol. The van der Waals surface area contributed by atoms with Gasteiger partial charge in [0.05, 0.1) is 20.3 Å². The van der Waals surface area contributed by atoms with Crippen LogP contribution in [0.3, 0.4) is 0 Å². The molecule has 6 heteroatoms. The van der Waals surface area contributed by atoms with Gasteiger partial charge in [-0.1, -0.05) is 19.9 Å². The van der Waals surface area contributed by atoms with Crippen molar-refractivity contribution in [3.63, 3.8) is 0 Å². The van der Waals surface area contributed by atoms with Crippen molar-refractivity contribution >= 4 is 5.91 Å². The molecule has 0 radical (unpaired) electrons. The minimum Gasteiger partial charge on any atom is -0.493 e. The third-order valence-corrected chi connectivity index (χ3v) is 4.45. The fraction of sp³-hybridized carbons (Fsp3) is 0.458. The van der Waals surface area contributed by atoms with Crippen LogP contribution >= 0.6 is 0 Å². The second-order valence-corrected chi connectivity index (χ2v) is 7.27. The summed E-state index contributed by atoms with van der Waals surface area (Å²) in [5, 5.41) is 2.93. The van der Waals surface area contributed by atoms with Crippen LogP contribution in [0.25, 0.3) is 0 Å². The van der Waals surface area contributed by atoms with Crippen molar-refractivity contribution in [2.45, 2.75) is 33.7 Å². The standard InChI is InChI=1S/C24H33NO5/c1-5-28-14-15-29-21-9-7-20(8-10-21)24(26)25-17-19-6-11-22(23(16-19)27-4)30-13-12-18(2)3/h6-11,16,18H,5,12-15,17H2,1-4H3,(H,25,26). The number of methoxy groups -OCH3 is 1. The van der Waals surface area contributed by atoms with E-state index in [2.05, 4.69) is 19.2 Å². The quantitative estimate of drug-likeness (QED) is 0.489. The Labute approximate surface area is 179 Å². The summed E-state index contributed by atoms with van der Waals surface area (Å²) in [7, 11) is 1.62. The van der Waals surface area contributed by atoms with Crippen LogP contribution in [0.15, 0.2) is 42.5 Å². The molecular weight excluding hydrogens is 382 g/mol. The van der Waals surface area contributed by atoms with Crippen molar-refractivity contribution in [3.8, 4) is 17.2 Å². The lowest BCUT2D eigenvalue weighted by Gasteiger charge is -2.13. The summed E-state index contributed by atoms with van der Waals surface area (Å²) in [6, 6.07) is 12.8. The number of benzene rings is 2. The SMILES string of the molecule is CCOCCOc1ccc(C(=O)NCc2ccc(OCCC(C)C)c(OC)c2)cc1. The van der Waals surface area contributed by atoms with Crippen LogP contribution < -0.4 is 19.5 Å². The summed E-state index contributed by atoms with van der Waals surface area (Å²) in [5.41, 5.74) is 1.51. The van der Waals surface area contributed by atoms with Gasteiger partial charge in [-0.25, -0.2) is 0 Å². The summed E-state index contributed by atoms with van der Waals surface area (Å²) in [6.07, 6.45) is 0.983. The second kappa shape index (κ2) is 12.8. The smallest absolute Gasteiger partial charge is 0.251 e. The maximum absolute atomic E-state index is 12.4. The van der Waals surface area contributed by atoms with Crippen molar-refractivity contribution in [1.82, 2.24) is 5.32 Å². The summed E-state index contributed by atoms with van der Waals surface area (Å²) in [4.78, 5) is 12.4. The molecule has 30 heavy (non-hydrogen) atoms. The van der Waals surface area contributed by atoms with E-state index in [-0.39, 0.29) is 5.91 Å². The Morgan fingerprint density at radius 1 is 0.967 bits per heavy atom. The minimum atomic E-state index is -0.146. The van der Waals surface area contributed by atoms with Gasteiger partial charge in [0.2, 0.25) is 0 Å². The number of hydrogen-bond donors (Lipinski definition) is 1. The number of amides is 1. The highest BCUT2D eigenvalue weighted by Crippen LogP contribution is 2.28. The molecule has 0 aliphatic rings. The molecule has 0 unspecified atom stereocenters. The highest BCUT2D eigenvalue weighted by molar-refractivity contribution is 5.94. The highest BCUT2D eigenvalue weighted by atomic mass is 16.5. The lowest BCUT2D eigenvalue weighted by molar-refractivity contribution is 0.0950. The zero-order chi connectivity index (χ0) is 21.8. The van der Waals surface area contributed by atoms with E-state index in [0.717, 1.165) is 12.0 Å². The third-order valence-electron chi connectivity index (χ3n) is 4.45. The molecule has 2 rings (SSSR count). The molecule has 0 fully saturated rings. The Hall–Kier alpha value is -2.73. The second-order valence-electron chi connectivity index (χ2n) is 7.27. The lowest BCUT2D eigenvalue weighted by atomic mass is 10.1. The van der Waals surface area contributed by atoms with E-state index in [4.69, 9.17) is 18.9 Å². The van der Waals surface area contributed by atoms with E-state index in [0.29, 0.717) is 61.7 Å². The van der Waals surface area contributed by atoms with Crippen LogP contribution in [0.1, 0.15) is 43.1 Å². The molecule has 6 nitrogen and oxygen atoms in total. The van der Waals surface area contributed by atoms with Gasteiger partial charge in [-0.15, -0.1) is 0 Å². The normalized spacial score (nSPS) is 10.7.